The molecule has 1 aliphatic rings. The molecule has 0 unspecified atom stereocenters. The average molecular weight is 336 g/mol. The number of nitrogens with one attached hydrogen (secondary N) is 1. The molecule has 4 rings (SSSR count). The van der Waals surface area contributed by atoms with Gasteiger partial charge >= 0.3 is 0 Å². The van der Waals surface area contributed by atoms with Crippen LogP contribution in [0.2, 0.25) is 0 Å². The highest BCUT2D eigenvalue weighted by atomic mass is 16.3. The molecule has 0 radical (unpaired) electrons. The van der Waals surface area contributed by atoms with Crippen LogP contribution in [0.25, 0.3) is 10.9 Å². The second-order valence-electron chi connectivity index (χ2n) is 6.34. The number of anilines is 1. The van der Waals surface area contributed by atoms with Crippen LogP contribution in [0.1, 0.15) is 5.56 Å². The molecule has 0 amide bonds. The summed E-state index contributed by atoms with van der Waals surface area (Å²) < 4.78 is 0. The van der Waals surface area contributed by atoms with Gasteiger partial charge in [-0.2, -0.15) is 0 Å². The number of aromatic amines is 1. The molecule has 2 aromatic carbocycles. The molecular weight excluding hydrogens is 316 g/mol. The van der Waals surface area contributed by atoms with Gasteiger partial charge in [-0.05, 0) is 29.8 Å². The Morgan fingerprint density at radius 2 is 1.84 bits per heavy atom. The monoisotopic (exact) mass is 336 g/mol. The Morgan fingerprint density at radius 1 is 1.04 bits per heavy atom. The van der Waals surface area contributed by atoms with Crippen LogP contribution < -0.4 is 10.5 Å². The number of fused-ring (bicyclic) bond motifs is 1. The minimum absolute atomic E-state index is 0.0946. The van der Waals surface area contributed by atoms with Gasteiger partial charge in [0.05, 0.1) is 10.9 Å². The summed E-state index contributed by atoms with van der Waals surface area (Å²) in [6.45, 7) is 4.18. The van der Waals surface area contributed by atoms with E-state index in [1.165, 1.54) is 0 Å². The van der Waals surface area contributed by atoms with Gasteiger partial charge in [0.15, 0.2) is 0 Å². The van der Waals surface area contributed by atoms with E-state index in [0.717, 1.165) is 43.8 Å². The van der Waals surface area contributed by atoms with Gasteiger partial charge < -0.3 is 10.0 Å². The number of hydrogen-bond donors (Lipinski definition) is 2. The molecule has 0 bridgehead atoms. The van der Waals surface area contributed by atoms with E-state index in [0.29, 0.717) is 17.1 Å². The Labute approximate surface area is 145 Å². The van der Waals surface area contributed by atoms with Gasteiger partial charge in [0, 0.05) is 32.7 Å². The summed E-state index contributed by atoms with van der Waals surface area (Å²) in [6.07, 6.45) is 0. The number of hydrogen-bond acceptors (Lipinski definition) is 5. The lowest BCUT2D eigenvalue weighted by atomic mass is 10.2. The largest absolute Gasteiger partial charge is 0.508 e. The third-order valence-corrected chi connectivity index (χ3v) is 4.59. The molecule has 2 heterocycles. The normalized spacial score (nSPS) is 15.6. The lowest BCUT2D eigenvalue weighted by Crippen LogP contribution is -2.46. The average Bonchev–Trinajstić information content (AvgIpc) is 2.62. The Bertz CT molecular complexity index is 945. The molecule has 0 aliphatic carbocycles. The fourth-order valence-corrected chi connectivity index (χ4v) is 3.25. The molecule has 6 heteroatoms. The lowest BCUT2D eigenvalue weighted by Gasteiger charge is -2.35. The van der Waals surface area contributed by atoms with Crippen molar-refractivity contribution in [1.29, 1.82) is 0 Å². The van der Waals surface area contributed by atoms with Crippen LogP contribution in [-0.4, -0.2) is 46.2 Å². The number of piperazine rings is 1. The number of phenols is 1. The maximum Gasteiger partial charge on any atom is 0.260 e. The van der Waals surface area contributed by atoms with E-state index in [4.69, 9.17) is 0 Å². The zero-order valence-corrected chi connectivity index (χ0v) is 13.9. The molecule has 6 nitrogen and oxygen atoms in total. The van der Waals surface area contributed by atoms with Crippen LogP contribution in [0.15, 0.2) is 53.3 Å². The minimum atomic E-state index is -0.0946. The van der Waals surface area contributed by atoms with E-state index in [9.17, 15) is 9.90 Å². The summed E-state index contributed by atoms with van der Waals surface area (Å²) >= 11 is 0. The molecule has 0 atom stereocenters. The number of aromatic nitrogens is 2. The SMILES string of the molecule is O=c1[nH]c(N2CCN(Cc3cccc(O)c3)CC2)nc2ccccc12. The van der Waals surface area contributed by atoms with Gasteiger partial charge in [0.2, 0.25) is 5.95 Å². The van der Waals surface area contributed by atoms with Crippen molar-refractivity contribution in [3.05, 3.63) is 64.4 Å². The van der Waals surface area contributed by atoms with Crippen LogP contribution in [0.3, 0.4) is 0 Å². The Kier molecular flexibility index (Phi) is 4.11. The van der Waals surface area contributed by atoms with Crippen molar-refractivity contribution >= 4 is 16.9 Å². The van der Waals surface area contributed by atoms with E-state index < -0.39 is 0 Å². The second kappa shape index (κ2) is 6.57. The molecule has 1 saturated heterocycles. The molecule has 0 saturated carbocycles. The van der Waals surface area contributed by atoms with Gasteiger partial charge in [-0.1, -0.05) is 24.3 Å². The van der Waals surface area contributed by atoms with Crippen molar-refractivity contribution in [3.63, 3.8) is 0 Å². The van der Waals surface area contributed by atoms with Gasteiger partial charge in [-0.25, -0.2) is 4.98 Å². The Hall–Kier alpha value is -2.86. The molecule has 2 N–H and O–H groups in total. The molecule has 1 aliphatic heterocycles. The predicted molar refractivity (Wildman–Crippen MR) is 98.0 cm³/mol. The fraction of sp³-hybridized carbons (Fsp3) is 0.263. The van der Waals surface area contributed by atoms with Crippen molar-refractivity contribution in [1.82, 2.24) is 14.9 Å². The van der Waals surface area contributed by atoms with E-state index in [2.05, 4.69) is 19.8 Å². The summed E-state index contributed by atoms with van der Waals surface area (Å²) in [6, 6.07) is 14.8. The van der Waals surface area contributed by atoms with Crippen molar-refractivity contribution in [3.8, 4) is 5.75 Å². The minimum Gasteiger partial charge on any atom is -0.508 e. The molecule has 128 valence electrons. The van der Waals surface area contributed by atoms with Crippen molar-refractivity contribution in [2.45, 2.75) is 6.54 Å². The van der Waals surface area contributed by atoms with E-state index >= 15 is 0 Å². The third kappa shape index (κ3) is 3.34. The smallest absolute Gasteiger partial charge is 0.260 e. The summed E-state index contributed by atoms with van der Waals surface area (Å²) in [7, 11) is 0. The number of benzene rings is 2. The maximum absolute atomic E-state index is 12.2. The molecule has 0 spiro atoms. The second-order valence-corrected chi connectivity index (χ2v) is 6.34. The van der Waals surface area contributed by atoms with Crippen LogP contribution in [0.5, 0.6) is 5.75 Å². The molecule has 1 fully saturated rings. The van der Waals surface area contributed by atoms with E-state index in [-0.39, 0.29) is 5.56 Å². The number of rotatable bonds is 3. The highest BCUT2D eigenvalue weighted by Gasteiger charge is 2.19. The molecule has 1 aromatic heterocycles. The maximum atomic E-state index is 12.2. The van der Waals surface area contributed by atoms with Crippen LogP contribution in [-0.2, 0) is 6.54 Å². The lowest BCUT2D eigenvalue weighted by molar-refractivity contribution is 0.248. The number of para-hydroxylation sites is 1. The zero-order chi connectivity index (χ0) is 17.2. The molecule has 25 heavy (non-hydrogen) atoms. The van der Waals surface area contributed by atoms with Crippen molar-refractivity contribution in [2.24, 2.45) is 0 Å². The van der Waals surface area contributed by atoms with Gasteiger partial charge in [0.25, 0.3) is 5.56 Å². The van der Waals surface area contributed by atoms with Crippen molar-refractivity contribution < 1.29 is 5.11 Å². The standard InChI is InChI=1S/C19H20N4O2/c24-15-5-3-4-14(12-15)13-22-8-10-23(11-9-22)19-20-17-7-2-1-6-16(17)18(25)21-19/h1-7,12,24H,8-11,13H2,(H,20,21,25). The first-order valence-electron chi connectivity index (χ1n) is 8.43. The Morgan fingerprint density at radius 3 is 2.64 bits per heavy atom. The zero-order valence-electron chi connectivity index (χ0n) is 13.9. The summed E-state index contributed by atoms with van der Waals surface area (Å²) in [5.74, 6) is 0.940. The molecule has 3 aromatic rings. The van der Waals surface area contributed by atoms with Crippen LogP contribution in [0.4, 0.5) is 5.95 Å². The molecular formula is C19H20N4O2. The quantitative estimate of drug-likeness (QED) is 0.765. The first-order valence-corrected chi connectivity index (χ1v) is 8.43. The van der Waals surface area contributed by atoms with E-state index in [1.54, 1.807) is 18.2 Å². The predicted octanol–water partition coefficient (Wildman–Crippen LogP) is 1.95. The van der Waals surface area contributed by atoms with Gasteiger partial charge in [0.1, 0.15) is 5.75 Å². The highest BCUT2D eigenvalue weighted by molar-refractivity contribution is 5.78. The van der Waals surface area contributed by atoms with Crippen LogP contribution >= 0.6 is 0 Å². The summed E-state index contributed by atoms with van der Waals surface area (Å²) in [4.78, 5) is 24.2. The van der Waals surface area contributed by atoms with Crippen molar-refractivity contribution in [2.75, 3.05) is 31.1 Å². The van der Waals surface area contributed by atoms with Gasteiger partial charge in [-0.3, -0.25) is 14.7 Å². The van der Waals surface area contributed by atoms with Crippen LogP contribution in [0, 0.1) is 0 Å². The first-order chi connectivity index (χ1) is 12.2. The third-order valence-electron chi connectivity index (χ3n) is 4.59. The van der Waals surface area contributed by atoms with E-state index in [1.807, 2.05) is 30.3 Å². The number of H-pyrrole nitrogens is 1. The topological polar surface area (TPSA) is 72.5 Å². The first kappa shape index (κ1) is 15.7. The Balaban J connectivity index is 1.46. The highest BCUT2D eigenvalue weighted by Crippen LogP contribution is 2.17. The number of aromatic hydroxyl groups is 1. The number of phenolic OH excluding ortho intramolecular Hbond substituents is 1. The van der Waals surface area contributed by atoms with Gasteiger partial charge in [-0.15, -0.1) is 0 Å². The summed E-state index contributed by atoms with van der Waals surface area (Å²) in [5.41, 5.74) is 1.73. The summed E-state index contributed by atoms with van der Waals surface area (Å²) in [5, 5.41) is 10.2. The fourth-order valence-electron chi connectivity index (χ4n) is 3.25. The number of nitrogens with zero attached hydrogens (tertiary/aromatic N) is 3.